The molecule has 1 amide bonds. The van der Waals surface area contributed by atoms with E-state index in [4.69, 9.17) is 9.47 Å². The number of hydrogen-bond acceptors (Lipinski definition) is 5. The van der Waals surface area contributed by atoms with Crippen LogP contribution in [0.5, 0.6) is 5.75 Å². The fraction of sp³-hybridized carbons (Fsp3) is 0.375. The van der Waals surface area contributed by atoms with Crippen LogP contribution in [0.1, 0.15) is 34.3 Å². The van der Waals surface area contributed by atoms with E-state index < -0.39 is 0 Å². The van der Waals surface area contributed by atoms with Gasteiger partial charge in [0, 0.05) is 25.7 Å². The standard InChI is InChI=1S/C24H25N3O4/c1-26-15-25-21-14-17(3-5-19(21)23(26)29)22(28)27-10-8-24(9-11-27)20-6-4-18(30-2)13-16(20)7-12-31-24/h3-6,13-15H,7-12H2,1-2H3. The zero-order chi connectivity index (χ0) is 21.6. The Balaban J connectivity index is 1.37. The summed E-state index contributed by atoms with van der Waals surface area (Å²) in [5.74, 6) is 0.827. The number of carbonyl (C=O) groups excluding carboxylic acids is 1. The first-order valence-corrected chi connectivity index (χ1v) is 10.6. The smallest absolute Gasteiger partial charge is 0.260 e. The van der Waals surface area contributed by atoms with Crippen molar-refractivity contribution in [3.05, 3.63) is 69.8 Å². The lowest BCUT2D eigenvalue weighted by atomic mass is 9.79. The van der Waals surface area contributed by atoms with Gasteiger partial charge < -0.3 is 18.9 Å². The Morgan fingerprint density at radius 1 is 1.16 bits per heavy atom. The first kappa shape index (κ1) is 19.8. The second kappa shape index (κ2) is 7.50. The van der Waals surface area contributed by atoms with Gasteiger partial charge in [0.1, 0.15) is 5.75 Å². The van der Waals surface area contributed by atoms with E-state index in [0.717, 1.165) is 25.0 Å². The maximum Gasteiger partial charge on any atom is 0.260 e. The van der Waals surface area contributed by atoms with Crippen molar-refractivity contribution in [1.82, 2.24) is 14.5 Å². The first-order valence-electron chi connectivity index (χ1n) is 10.6. The molecule has 0 radical (unpaired) electrons. The van der Waals surface area contributed by atoms with Gasteiger partial charge in [-0.25, -0.2) is 4.98 Å². The Morgan fingerprint density at radius 3 is 2.74 bits per heavy atom. The van der Waals surface area contributed by atoms with Crippen molar-refractivity contribution in [2.24, 2.45) is 7.05 Å². The zero-order valence-electron chi connectivity index (χ0n) is 17.8. The third kappa shape index (κ3) is 3.29. The van der Waals surface area contributed by atoms with Crippen LogP contribution in [-0.2, 0) is 23.8 Å². The van der Waals surface area contributed by atoms with Gasteiger partial charge in [-0.3, -0.25) is 9.59 Å². The third-order valence-corrected chi connectivity index (χ3v) is 6.58. The Kier molecular flexibility index (Phi) is 4.78. The van der Waals surface area contributed by atoms with Gasteiger partial charge in [0.15, 0.2) is 0 Å². The molecule has 2 aliphatic heterocycles. The van der Waals surface area contributed by atoms with Crippen molar-refractivity contribution in [2.45, 2.75) is 24.9 Å². The van der Waals surface area contributed by atoms with Crippen LogP contribution in [0.4, 0.5) is 0 Å². The molecule has 0 saturated carbocycles. The average molecular weight is 419 g/mol. The molecule has 0 unspecified atom stereocenters. The highest BCUT2D eigenvalue weighted by Gasteiger charge is 2.41. The Morgan fingerprint density at radius 2 is 1.97 bits per heavy atom. The number of benzene rings is 2. The number of nitrogens with zero attached hydrogens (tertiary/aromatic N) is 3. The predicted molar refractivity (Wildman–Crippen MR) is 116 cm³/mol. The summed E-state index contributed by atoms with van der Waals surface area (Å²) < 4.78 is 13.1. The van der Waals surface area contributed by atoms with Gasteiger partial charge in [0.25, 0.3) is 11.5 Å². The van der Waals surface area contributed by atoms with Crippen molar-refractivity contribution < 1.29 is 14.3 Å². The molecule has 3 heterocycles. The van der Waals surface area contributed by atoms with Crippen LogP contribution in [0, 0.1) is 0 Å². The van der Waals surface area contributed by atoms with Crippen LogP contribution >= 0.6 is 0 Å². The van der Waals surface area contributed by atoms with Crippen molar-refractivity contribution in [1.29, 1.82) is 0 Å². The molecule has 0 aliphatic carbocycles. The van der Waals surface area contributed by atoms with Crippen LogP contribution in [0.15, 0.2) is 47.5 Å². The zero-order valence-corrected chi connectivity index (χ0v) is 17.8. The highest BCUT2D eigenvalue weighted by atomic mass is 16.5. The lowest BCUT2D eigenvalue weighted by molar-refractivity contribution is -0.0935. The maximum atomic E-state index is 13.2. The molecule has 0 atom stereocenters. The van der Waals surface area contributed by atoms with Crippen LogP contribution in [0.3, 0.4) is 0 Å². The Labute approximate surface area is 180 Å². The lowest BCUT2D eigenvalue weighted by Gasteiger charge is -2.45. The molecule has 7 nitrogen and oxygen atoms in total. The van der Waals surface area contributed by atoms with E-state index >= 15 is 0 Å². The molecular weight excluding hydrogens is 394 g/mol. The molecule has 3 aromatic rings. The maximum absolute atomic E-state index is 13.2. The van der Waals surface area contributed by atoms with Crippen LogP contribution in [0.2, 0.25) is 0 Å². The van der Waals surface area contributed by atoms with Gasteiger partial charge in [0.2, 0.25) is 0 Å². The number of amides is 1. The van der Waals surface area contributed by atoms with Gasteiger partial charge in [-0.15, -0.1) is 0 Å². The van der Waals surface area contributed by atoms with Gasteiger partial charge in [0.05, 0.1) is 36.5 Å². The number of rotatable bonds is 2. The van der Waals surface area contributed by atoms with Crippen molar-refractivity contribution >= 4 is 16.8 Å². The normalized spacial score (nSPS) is 17.5. The molecule has 2 aromatic carbocycles. The summed E-state index contributed by atoms with van der Waals surface area (Å²) >= 11 is 0. The molecule has 1 fully saturated rings. The molecule has 7 heteroatoms. The second-order valence-corrected chi connectivity index (χ2v) is 8.30. The summed E-state index contributed by atoms with van der Waals surface area (Å²) in [5, 5.41) is 0.516. The third-order valence-electron chi connectivity index (χ3n) is 6.58. The summed E-state index contributed by atoms with van der Waals surface area (Å²) in [5.41, 5.74) is 3.13. The molecule has 0 bridgehead atoms. The molecule has 160 valence electrons. The number of piperidine rings is 1. The molecule has 5 rings (SSSR count). The number of likely N-dealkylation sites (tertiary alicyclic amines) is 1. The molecule has 1 aromatic heterocycles. The molecule has 0 N–H and O–H groups in total. The van der Waals surface area contributed by atoms with Crippen LogP contribution < -0.4 is 10.3 Å². The summed E-state index contributed by atoms with van der Waals surface area (Å²) in [7, 11) is 3.35. The van der Waals surface area contributed by atoms with Crippen molar-refractivity contribution in [3.8, 4) is 5.75 Å². The number of aromatic nitrogens is 2. The Hall–Kier alpha value is -3.19. The SMILES string of the molecule is COc1ccc2c(c1)CCOC21CCN(C(=O)c2ccc3c(=O)n(C)cnc3c2)CC1. The number of aryl methyl sites for hydroxylation is 1. The number of hydrogen-bond donors (Lipinski definition) is 0. The van der Waals surface area contributed by atoms with E-state index in [0.29, 0.717) is 36.2 Å². The first-order chi connectivity index (χ1) is 15.0. The highest BCUT2D eigenvalue weighted by molar-refractivity contribution is 5.97. The summed E-state index contributed by atoms with van der Waals surface area (Å²) in [6.07, 6.45) is 3.87. The van der Waals surface area contributed by atoms with Crippen molar-refractivity contribution in [3.63, 3.8) is 0 Å². The number of methoxy groups -OCH3 is 1. The average Bonchev–Trinajstić information content (AvgIpc) is 2.81. The van der Waals surface area contributed by atoms with Crippen molar-refractivity contribution in [2.75, 3.05) is 26.8 Å². The van der Waals surface area contributed by atoms with E-state index in [2.05, 4.69) is 17.1 Å². The number of fused-ring (bicyclic) bond motifs is 3. The molecule has 2 aliphatic rings. The van der Waals surface area contributed by atoms with Gasteiger partial charge in [-0.1, -0.05) is 6.07 Å². The largest absolute Gasteiger partial charge is 0.497 e. The summed E-state index contributed by atoms with van der Waals surface area (Å²) in [6, 6.07) is 11.3. The van der Waals surface area contributed by atoms with E-state index in [1.807, 2.05) is 11.0 Å². The van der Waals surface area contributed by atoms with Gasteiger partial charge in [-0.2, -0.15) is 0 Å². The number of ether oxygens (including phenoxy) is 2. The monoisotopic (exact) mass is 419 g/mol. The lowest BCUT2D eigenvalue weighted by Crippen LogP contribution is -2.48. The quantitative estimate of drug-likeness (QED) is 0.639. The van der Waals surface area contributed by atoms with Gasteiger partial charge in [-0.05, 0) is 60.7 Å². The highest BCUT2D eigenvalue weighted by Crippen LogP contribution is 2.42. The predicted octanol–water partition coefficient (Wildman–Crippen LogP) is 2.65. The topological polar surface area (TPSA) is 73.7 Å². The second-order valence-electron chi connectivity index (χ2n) is 8.30. The Bertz CT molecular complexity index is 1230. The van der Waals surface area contributed by atoms with E-state index in [1.165, 1.54) is 22.0 Å². The summed E-state index contributed by atoms with van der Waals surface area (Å²) in [6.45, 7) is 1.91. The molecule has 1 saturated heterocycles. The fourth-order valence-corrected chi connectivity index (χ4v) is 4.79. The minimum absolute atomic E-state index is 0.0370. The number of carbonyl (C=O) groups is 1. The van der Waals surface area contributed by atoms with Crippen LogP contribution in [-0.4, -0.2) is 47.2 Å². The fourth-order valence-electron chi connectivity index (χ4n) is 4.79. The molecular formula is C24H25N3O4. The molecule has 31 heavy (non-hydrogen) atoms. The van der Waals surface area contributed by atoms with E-state index in [-0.39, 0.29) is 17.1 Å². The van der Waals surface area contributed by atoms with Crippen LogP contribution in [0.25, 0.3) is 10.9 Å². The van der Waals surface area contributed by atoms with E-state index in [1.54, 1.807) is 32.4 Å². The van der Waals surface area contributed by atoms with Gasteiger partial charge >= 0.3 is 0 Å². The summed E-state index contributed by atoms with van der Waals surface area (Å²) in [4.78, 5) is 31.6. The minimum Gasteiger partial charge on any atom is -0.497 e. The van der Waals surface area contributed by atoms with E-state index in [9.17, 15) is 9.59 Å². The minimum atomic E-state index is -0.339. The molecule has 1 spiro atoms.